The fourth-order valence-corrected chi connectivity index (χ4v) is 4.73. The minimum Gasteiger partial charge on any atom is -0.495 e. The lowest BCUT2D eigenvalue weighted by molar-refractivity contribution is 0.0522. The van der Waals surface area contributed by atoms with Gasteiger partial charge in [-0.3, -0.25) is 0 Å². The Morgan fingerprint density at radius 1 is 1.10 bits per heavy atom. The fourth-order valence-electron chi connectivity index (χ4n) is 3.77. The lowest BCUT2D eigenvalue weighted by Crippen LogP contribution is -2.40. The Morgan fingerprint density at radius 3 is 2.54 bits per heavy atom. The van der Waals surface area contributed by atoms with Crippen molar-refractivity contribution in [2.75, 3.05) is 19.0 Å². The van der Waals surface area contributed by atoms with Crippen molar-refractivity contribution in [2.45, 2.75) is 52.4 Å². The quantitative estimate of drug-likeness (QED) is 0.206. The van der Waals surface area contributed by atoms with Crippen molar-refractivity contribution in [3.8, 4) is 11.4 Å². The summed E-state index contributed by atoms with van der Waals surface area (Å²) in [4.78, 5) is 37.7. The summed E-state index contributed by atoms with van der Waals surface area (Å²) in [7, 11) is -0.404. The molecule has 0 aliphatic carbocycles. The number of methoxy groups -OCH3 is 1. The number of benzene rings is 2. The summed E-state index contributed by atoms with van der Waals surface area (Å²) >= 11 is 0. The lowest BCUT2D eigenvalue weighted by Gasteiger charge is -2.36. The number of hydrogen-bond donors (Lipinski definition) is 2. The number of hydrogen-bond acceptors (Lipinski definition) is 8. The van der Waals surface area contributed by atoms with E-state index in [9.17, 15) is 9.59 Å². The van der Waals surface area contributed by atoms with Gasteiger partial charge >= 0.3 is 11.7 Å². The number of carbonyl (C=O) groups is 1. The maximum absolute atomic E-state index is 13.1. The van der Waals surface area contributed by atoms with Gasteiger partial charge in [-0.25, -0.2) is 19.1 Å². The number of H-pyrrole nitrogens is 1. The van der Waals surface area contributed by atoms with Gasteiger partial charge in [0.05, 0.1) is 26.0 Å². The van der Waals surface area contributed by atoms with Crippen molar-refractivity contribution < 1.29 is 18.7 Å². The summed E-state index contributed by atoms with van der Waals surface area (Å²) < 4.78 is 18.4. The molecule has 0 unspecified atom stereocenters. The number of carbonyl (C=O) groups excluding carboxylic acids is 1. The van der Waals surface area contributed by atoms with Gasteiger partial charge in [-0.2, -0.15) is 4.98 Å². The van der Waals surface area contributed by atoms with Gasteiger partial charge in [0.1, 0.15) is 11.3 Å². The highest BCUT2D eigenvalue weighted by Crippen LogP contribution is 2.37. The van der Waals surface area contributed by atoms with Crippen LogP contribution in [0.5, 0.6) is 5.75 Å². The Balaban J connectivity index is 1.76. The Bertz CT molecular complexity index is 1550. The van der Waals surface area contributed by atoms with Gasteiger partial charge in [-0.05, 0) is 54.9 Å². The van der Waals surface area contributed by atoms with Crippen molar-refractivity contribution in [1.29, 1.82) is 0 Å². The number of ether oxygens (including phenoxy) is 2. The first-order chi connectivity index (χ1) is 18.4. The van der Waals surface area contributed by atoms with Crippen molar-refractivity contribution in [2.24, 2.45) is 0 Å². The van der Waals surface area contributed by atoms with Crippen LogP contribution in [-0.2, 0) is 15.8 Å². The van der Waals surface area contributed by atoms with Gasteiger partial charge in [0.25, 0.3) is 0 Å². The second-order valence-electron chi connectivity index (χ2n) is 10.6. The predicted molar refractivity (Wildman–Crippen MR) is 154 cm³/mol. The van der Waals surface area contributed by atoms with Crippen LogP contribution in [0, 0.1) is 0 Å². The molecule has 2 heterocycles. The summed E-state index contributed by atoms with van der Waals surface area (Å²) in [6.07, 6.45) is 0. The molecule has 2 N–H and O–H groups in total. The molecule has 2 aromatic carbocycles. The molecular weight excluding hydrogens is 514 g/mol. The minimum absolute atomic E-state index is 0.0486. The molecule has 0 aliphatic rings. The second-order valence-corrected chi connectivity index (χ2v) is 15.4. The maximum atomic E-state index is 13.1. The SMILES string of the molecule is CCOC(=O)c1nc(Nc2cccc(CO[Si](C)(C)C(C)(C)C)c2)nc2c1[nH]c(=O)n2-c1ccccc1OC. The highest BCUT2D eigenvalue weighted by Gasteiger charge is 2.37. The van der Waals surface area contributed by atoms with Crippen LogP contribution in [0.4, 0.5) is 11.6 Å². The average molecular weight is 550 g/mol. The van der Waals surface area contributed by atoms with E-state index in [0.717, 1.165) is 5.56 Å². The molecule has 4 aromatic rings. The van der Waals surface area contributed by atoms with Gasteiger partial charge in [-0.15, -0.1) is 0 Å². The Kier molecular flexibility index (Phi) is 7.93. The van der Waals surface area contributed by atoms with Gasteiger partial charge in [-0.1, -0.05) is 45.0 Å². The smallest absolute Gasteiger partial charge is 0.359 e. The Hall–Kier alpha value is -3.96. The minimum atomic E-state index is -1.92. The van der Waals surface area contributed by atoms with E-state index in [1.165, 1.54) is 11.7 Å². The van der Waals surface area contributed by atoms with Crippen LogP contribution in [0.1, 0.15) is 43.7 Å². The molecule has 2 aromatic heterocycles. The number of para-hydroxylation sites is 2. The third-order valence-electron chi connectivity index (χ3n) is 6.92. The van der Waals surface area contributed by atoms with Gasteiger partial charge in [0.2, 0.25) is 5.95 Å². The summed E-state index contributed by atoms with van der Waals surface area (Å²) in [5, 5.41) is 3.28. The van der Waals surface area contributed by atoms with E-state index in [2.05, 4.69) is 54.1 Å². The van der Waals surface area contributed by atoms with Crippen LogP contribution in [0.25, 0.3) is 16.9 Å². The molecule has 10 nitrogen and oxygen atoms in total. The monoisotopic (exact) mass is 549 g/mol. The molecule has 0 bridgehead atoms. The van der Waals surface area contributed by atoms with Gasteiger partial charge in [0, 0.05) is 5.69 Å². The van der Waals surface area contributed by atoms with Crippen molar-refractivity contribution in [1.82, 2.24) is 19.5 Å². The largest absolute Gasteiger partial charge is 0.495 e. The van der Waals surface area contributed by atoms with E-state index in [1.54, 1.807) is 31.2 Å². The molecule has 0 spiro atoms. The first-order valence-corrected chi connectivity index (χ1v) is 15.7. The molecule has 0 fully saturated rings. The van der Waals surface area contributed by atoms with Crippen LogP contribution in [-0.4, -0.2) is 47.5 Å². The summed E-state index contributed by atoms with van der Waals surface area (Å²) in [5.41, 5.74) is 2.02. The third kappa shape index (κ3) is 5.89. The van der Waals surface area contributed by atoms with E-state index in [0.29, 0.717) is 23.7 Å². The Labute approximate surface area is 228 Å². The second kappa shape index (κ2) is 11.0. The molecule has 206 valence electrons. The standard InChI is InChI=1S/C28H35N5O5Si/c1-8-37-25(34)23-22-24(33(27(35)31-22)20-14-9-10-15-21(20)36-5)32-26(30-23)29-19-13-11-12-18(16-19)17-38-39(6,7)28(2,3)4/h9-16H,8,17H2,1-7H3,(H,31,35)(H,29,30,32). The van der Waals surface area contributed by atoms with E-state index in [-0.39, 0.29) is 34.5 Å². The van der Waals surface area contributed by atoms with E-state index < -0.39 is 20.0 Å². The molecule has 39 heavy (non-hydrogen) atoms. The van der Waals surface area contributed by atoms with Crippen LogP contribution in [0.2, 0.25) is 18.1 Å². The first-order valence-electron chi connectivity index (χ1n) is 12.8. The van der Waals surface area contributed by atoms with E-state index in [4.69, 9.17) is 13.9 Å². The first kappa shape index (κ1) is 28.1. The summed E-state index contributed by atoms with van der Waals surface area (Å²) in [6.45, 7) is 13.4. The van der Waals surface area contributed by atoms with Crippen LogP contribution in [0.15, 0.2) is 53.3 Å². The maximum Gasteiger partial charge on any atom is 0.359 e. The number of imidazole rings is 1. The van der Waals surface area contributed by atoms with Crippen LogP contribution >= 0.6 is 0 Å². The predicted octanol–water partition coefficient (Wildman–Crippen LogP) is 5.56. The number of nitrogens with one attached hydrogen (secondary N) is 2. The third-order valence-corrected chi connectivity index (χ3v) is 11.4. The zero-order chi connectivity index (χ0) is 28.4. The summed E-state index contributed by atoms with van der Waals surface area (Å²) in [5.74, 6) is -0.0608. The molecule has 0 aliphatic heterocycles. The Morgan fingerprint density at radius 2 is 1.85 bits per heavy atom. The van der Waals surface area contributed by atoms with E-state index >= 15 is 0 Å². The normalized spacial score (nSPS) is 12.0. The number of rotatable bonds is 9. The number of aromatic amines is 1. The highest BCUT2D eigenvalue weighted by atomic mass is 28.4. The number of fused-ring (bicyclic) bond motifs is 1. The zero-order valence-corrected chi connectivity index (χ0v) is 24.4. The highest BCUT2D eigenvalue weighted by molar-refractivity contribution is 6.74. The summed E-state index contributed by atoms with van der Waals surface area (Å²) in [6, 6.07) is 14.8. The van der Waals surface area contributed by atoms with Crippen LogP contribution in [0.3, 0.4) is 0 Å². The topological polar surface area (TPSA) is 120 Å². The molecular formula is C28H35N5O5Si. The molecule has 0 atom stereocenters. The molecule has 0 radical (unpaired) electrons. The van der Waals surface area contributed by atoms with Gasteiger partial charge < -0.3 is 24.2 Å². The number of anilines is 2. The number of aromatic nitrogens is 4. The molecule has 0 saturated carbocycles. The molecule has 11 heteroatoms. The molecule has 0 amide bonds. The average Bonchev–Trinajstić information content (AvgIpc) is 3.22. The molecule has 0 saturated heterocycles. The molecule has 4 rings (SSSR count). The van der Waals surface area contributed by atoms with Crippen LogP contribution < -0.4 is 15.7 Å². The van der Waals surface area contributed by atoms with Crippen molar-refractivity contribution in [3.05, 3.63) is 70.3 Å². The zero-order valence-electron chi connectivity index (χ0n) is 23.4. The van der Waals surface area contributed by atoms with Crippen molar-refractivity contribution >= 4 is 37.1 Å². The van der Waals surface area contributed by atoms with Gasteiger partial charge in [0.15, 0.2) is 19.7 Å². The fraction of sp³-hybridized carbons (Fsp3) is 0.357. The lowest BCUT2D eigenvalue weighted by atomic mass is 10.2. The number of nitrogens with zero attached hydrogens (tertiary/aromatic N) is 3. The van der Waals surface area contributed by atoms with E-state index in [1.807, 2.05) is 24.3 Å². The van der Waals surface area contributed by atoms with Crippen molar-refractivity contribution in [3.63, 3.8) is 0 Å². The number of esters is 1.